The maximum Gasteiger partial charge on any atom is 0.185 e. The number of hydrogen-bond acceptors (Lipinski definition) is 5. The van der Waals surface area contributed by atoms with Crippen LogP contribution in [0.5, 0.6) is 0 Å². The predicted molar refractivity (Wildman–Crippen MR) is 75.2 cm³/mol. The minimum Gasteiger partial charge on any atom is -0.340 e. The summed E-state index contributed by atoms with van der Waals surface area (Å²) in [6, 6.07) is 7.92. The molecular formula is C14H15N5. The molecular weight excluding hydrogens is 238 g/mol. The molecule has 0 amide bonds. The molecule has 0 aliphatic rings. The molecule has 5 heteroatoms. The zero-order valence-corrected chi connectivity index (χ0v) is 11.2. The van der Waals surface area contributed by atoms with E-state index in [4.69, 9.17) is 5.26 Å². The van der Waals surface area contributed by atoms with Crippen LogP contribution >= 0.6 is 0 Å². The number of nitrogens with zero attached hydrogens (tertiary/aromatic N) is 4. The molecule has 0 fully saturated rings. The Hall–Kier alpha value is -2.61. The molecule has 1 N–H and O–H groups in total. The maximum absolute atomic E-state index is 8.84. The molecule has 0 saturated carbocycles. The van der Waals surface area contributed by atoms with Crippen LogP contribution in [-0.4, -0.2) is 17.0 Å². The van der Waals surface area contributed by atoms with Gasteiger partial charge in [0.15, 0.2) is 6.19 Å². The van der Waals surface area contributed by atoms with E-state index in [-0.39, 0.29) is 0 Å². The second kappa shape index (κ2) is 5.36. The third-order valence-electron chi connectivity index (χ3n) is 2.80. The van der Waals surface area contributed by atoms with E-state index < -0.39 is 0 Å². The molecule has 1 aromatic heterocycles. The van der Waals surface area contributed by atoms with Crippen molar-refractivity contribution in [2.75, 3.05) is 17.3 Å². The van der Waals surface area contributed by atoms with Crippen LogP contribution in [0.3, 0.4) is 0 Å². The molecule has 1 heterocycles. The molecule has 19 heavy (non-hydrogen) atoms. The van der Waals surface area contributed by atoms with Gasteiger partial charge in [-0.2, -0.15) is 5.26 Å². The van der Waals surface area contributed by atoms with Crippen LogP contribution in [0.1, 0.15) is 11.1 Å². The van der Waals surface area contributed by atoms with Gasteiger partial charge in [0.05, 0.1) is 0 Å². The predicted octanol–water partition coefficient (Wildman–Crippen LogP) is 2.75. The van der Waals surface area contributed by atoms with Gasteiger partial charge in [0.25, 0.3) is 0 Å². The van der Waals surface area contributed by atoms with Crippen molar-refractivity contribution in [2.45, 2.75) is 13.8 Å². The number of nitrogens with one attached hydrogen (secondary N) is 1. The zero-order chi connectivity index (χ0) is 13.8. The van der Waals surface area contributed by atoms with Crippen molar-refractivity contribution in [1.82, 2.24) is 9.97 Å². The normalized spacial score (nSPS) is 9.79. The average Bonchev–Trinajstić information content (AvgIpc) is 2.42. The molecule has 0 saturated heterocycles. The van der Waals surface area contributed by atoms with Crippen LogP contribution in [0.2, 0.25) is 0 Å². The molecule has 0 atom stereocenters. The lowest BCUT2D eigenvalue weighted by Gasteiger charge is -2.12. The highest BCUT2D eigenvalue weighted by Crippen LogP contribution is 2.21. The van der Waals surface area contributed by atoms with E-state index in [9.17, 15) is 0 Å². The van der Waals surface area contributed by atoms with E-state index in [1.165, 1.54) is 16.8 Å². The minimum absolute atomic E-state index is 0.560. The summed E-state index contributed by atoms with van der Waals surface area (Å²) in [6.45, 7) is 4.07. The highest BCUT2D eigenvalue weighted by molar-refractivity contribution is 5.63. The highest BCUT2D eigenvalue weighted by Gasteiger charge is 2.05. The lowest BCUT2D eigenvalue weighted by molar-refractivity contribution is 1.08. The molecule has 0 bridgehead atoms. The second-order valence-electron chi connectivity index (χ2n) is 4.36. The first-order valence-corrected chi connectivity index (χ1v) is 5.90. The fraction of sp³-hybridized carbons (Fsp3) is 0.214. The molecule has 2 rings (SSSR count). The first kappa shape index (κ1) is 12.8. The number of anilines is 3. The molecule has 0 spiro atoms. The molecule has 96 valence electrons. The number of aryl methyl sites for hydroxylation is 2. The highest BCUT2D eigenvalue weighted by atomic mass is 15.2. The van der Waals surface area contributed by atoms with Gasteiger partial charge in [0.1, 0.15) is 18.0 Å². The summed E-state index contributed by atoms with van der Waals surface area (Å²) in [5.41, 5.74) is 3.32. The second-order valence-corrected chi connectivity index (χ2v) is 4.36. The van der Waals surface area contributed by atoms with Crippen LogP contribution in [-0.2, 0) is 0 Å². The van der Waals surface area contributed by atoms with Crippen LogP contribution in [0, 0.1) is 25.3 Å². The number of benzene rings is 1. The van der Waals surface area contributed by atoms with E-state index in [0.29, 0.717) is 11.6 Å². The Morgan fingerprint density at radius 1 is 1.21 bits per heavy atom. The van der Waals surface area contributed by atoms with Gasteiger partial charge in [-0.25, -0.2) is 9.97 Å². The van der Waals surface area contributed by atoms with Crippen molar-refractivity contribution in [3.05, 3.63) is 41.7 Å². The Balaban J connectivity index is 2.29. The molecule has 2 aromatic rings. The van der Waals surface area contributed by atoms with Gasteiger partial charge in [0.2, 0.25) is 0 Å². The molecule has 1 aromatic carbocycles. The van der Waals surface area contributed by atoms with Crippen LogP contribution in [0.25, 0.3) is 0 Å². The van der Waals surface area contributed by atoms with Gasteiger partial charge >= 0.3 is 0 Å². The SMILES string of the molecule is Cc1ccc(C)c(Nc2cc(N(C)C#N)ncn2)c1. The van der Waals surface area contributed by atoms with Crippen LogP contribution in [0.4, 0.5) is 17.3 Å². The van der Waals surface area contributed by atoms with Gasteiger partial charge in [-0.15, -0.1) is 0 Å². The molecule has 0 aliphatic carbocycles. The largest absolute Gasteiger partial charge is 0.340 e. The van der Waals surface area contributed by atoms with Crippen molar-refractivity contribution in [1.29, 1.82) is 5.26 Å². The number of rotatable bonds is 3. The number of nitriles is 1. The third kappa shape index (κ3) is 2.99. The first-order valence-electron chi connectivity index (χ1n) is 5.90. The van der Waals surface area contributed by atoms with Gasteiger partial charge in [-0.3, -0.25) is 4.90 Å². The molecule has 0 aliphatic heterocycles. The first-order chi connectivity index (χ1) is 9.10. The van der Waals surface area contributed by atoms with Gasteiger partial charge in [-0.05, 0) is 31.0 Å². The Kier molecular flexibility index (Phi) is 3.62. The fourth-order valence-electron chi connectivity index (χ4n) is 1.66. The zero-order valence-electron chi connectivity index (χ0n) is 11.2. The Morgan fingerprint density at radius 2 is 2.00 bits per heavy atom. The van der Waals surface area contributed by atoms with E-state index in [1.807, 2.05) is 20.0 Å². The van der Waals surface area contributed by atoms with Crippen molar-refractivity contribution in [3.8, 4) is 6.19 Å². The smallest absolute Gasteiger partial charge is 0.185 e. The molecule has 5 nitrogen and oxygen atoms in total. The summed E-state index contributed by atoms with van der Waals surface area (Å²) in [5, 5.41) is 12.1. The summed E-state index contributed by atoms with van der Waals surface area (Å²) in [4.78, 5) is 9.59. The summed E-state index contributed by atoms with van der Waals surface area (Å²) in [7, 11) is 1.66. The number of hydrogen-bond donors (Lipinski definition) is 1. The lowest BCUT2D eigenvalue weighted by Crippen LogP contribution is -2.10. The maximum atomic E-state index is 8.84. The molecule has 0 radical (unpaired) electrons. The Labute approximate surface area is 112 Å². The summed E-state index contributed by atoms with van der Waals surface area (Å²) in [5.74, 6) is 1.23. The summed E-state index contributed by atoms with van der Waals surface area (Å²) in [6.07, 6.45) is 3.45. The lowest BCUT2D eigenvalue weighted by atomic mass is 10.1. The van der Waals surface area contributed by atoms with Crippen molar-refractivity contribution in [2.24, 2.45) is 0 Å². The minimum atomic E-state index is 0.560. The van der Waals surface area contributed by atoms with Crippen molar-refractivity contribution >= 4 is 17.3 Å². The topological polar surface area (TPSA) is 64.8 Å². The van der Waals surface area contributed by atoms with Gasteiger partial charge in [0, 0.05) is 18.8 Å². The standard InChI is InChI=1S/C14H15N5/c1-10-4-5-11(2)12(6-10)18-13-7-14(17-9-16-13)19(3)8-15/h4-7,9H,1-3H3,(H,16,17,18). The Bertz CT molecular complexity index is 630. The molecule has 0 unspecified atom stereocenters. The monoisotopic (exact) mass is 253 g/mol. The number of aromatic nitrogens is 2. The van der Waals surface area contributed by atoms with Crippen LogP contribution < -0.4 is 10.2 Å². The fourth-order valence-corrected chi connectivity index (χ4v) is 1.66. The third-order valence-corrected chi connectivity index (χ3v) is 2.80. The summed E-state index contributed by atoms with van der Waals surface area (Å²) < 4.78 is 0. The van der Waals surface area contributed by atoms with E-state index >= 15 is 0 Å². The van der Waals surface area contributed by atoms with E-state index in [0.717, 1.165) is 11.3 Å². The Morgan fingerprint density at radius 3 is 2.74 bits per heavy atom. The van der Waals surface area contributed by atoms with Crippen molar-refractivity contribution in [3.63, 3.8) is 0 Å². The van der Waals surface area contributed by atoms with Crippen molar-refractivity contribution < 1.29 is 0 Å². The quantitative estimate of drug-likeness (QED) is 0.673. The summed E-state index contributed by atoms with van der Waals surface area (Å²) >= 11 is 0. The average molecular weight is 253 g/mol. The van der Waals surface area contributed by atoms with E-state index in [2.05, 4.69) is 33.5 Å². The van der Waals surface area contributed by atoms with Crippen LogP contribution in [0.15, 0.2) is 30.6 Å². The van der Waals surface area contributed by atoms with E-state index in [1.54, 1.807) is 13.1 Å². The van der Waals surface area contributed by atoms with Gasteiger partial charge in [-0.1, -0.05) is 12.1 Å². The van der Waals surface area contributed by atoms with Gasteiger partial charge < -0.3 is 5.32 Å².